The van der Waals surface area contributed by atoms with Crippen LogP contribution in [0.15, 0.2) is 0 Å². The molecule has 1 unspecified atom stereocenters. The van der Waals surface area contributed by atoms with E-state index in [1.807, 2.05) is 13.8 Å². The monoisotopic (exact) mass is 280 g/mol. The number of alkyl halides is 1. The van der Waals surface area contributed by atoms with E-state index in [0.717, 1.165) is 13.5 Å². The number of carbonyl (C=O) groups excluding carboxylic acids is 1. The smallest absolute Gasteiger partial charge is 0.319 e. The molecule has 7 heteroatoms. The van der Waals surface area contributed by atoms with E-state index in [1.165, 1.54) is 4.90 Å². The highest BCUT2D eigenvalue weighted by Gasteiger charge is 2.41. The van der Waals surface area contributed by atoms with Crippen LogP contribution in [0, 0.1) is 0 Å². The van der Waals surface area contributed by atoms with Crippen LogP contribution in [0.3, 0.4) is 0 Å². The van der Waals surface area contributed by atoms with Crippen LogP contribution >= 0.6 is 0 Å². The van der Waals surface area contributed by atoms with Gasteiger partial charge in [0.15, 0.2) is 6.23 Å². The van der Waals surface area contributed by atoms with Crippen molar-refractivity contribution in [2.24, 2.45) is 0 Å². The lowest BCUT2D eigenvalue weighted by Crippen LogP contribution is -2.53. The van der Waals surface area contributed by atoms with E-state index in [0.29, 0.717) is 13.1 Å². The zero-order valence-corrected chi connectivity index (χ0v) is 11.8. The molecule has 2 aliphatic heterocycles. The number of halogens is 1. The third-order valence-corrected chi connectivity index (χ3v) is 2.75. The third kappa shape index (κ3) is 4.93. The Morgan fingerprint density at radius 2 is 2.11 bits per heavy atom. The first-order valence-corrected chi connectivity index (χ1v) is 6.62. The van der Waals surface area contributed by atoms with E-state index < -0.39 is 18.5 Å². The van der Waals surface area contributed by atoms with Crippen LogP contribution in [-0.4, -0.2) is 66.5 Å². The molecule has 0 aromatic rings. The van der Waals surface area contributed by atoms with Crippen molar-refractivity contribution in [2.75, 3.05) is 26.8 Å². The molecule has 6 nitrogen and oxygen atoms in total. The molecule has 2 saturated heterocycles. The molecule has 114 valence electrons. The minimum atomic E-state index is -1.20. The summed E-state index contributed by atoms with van der Waals surface area (Å²) in [4.78, 5) is 12.8. The van der Waals surface area contributed by atoms with Gasteiger partial charge in [-0.1, -0.05) is 13.8 Å². The molecule has 0 radical (unpaired) electrons. The number of aliphatic hydroxyl groups is 2. The lowest BCUT2D eigenvalue weighted by Gasteiger charge is -2.32. The van der Waals surface area contributed by atoms with Crippen molar-refractivity contribution in [3.8, 4) is 0 Å². The standard InChI is InChI=1S/C9H15FN2O3.C2H6.CH4O/c10-7-4-6(5-13)15-8(7)12-3-1-2-11-9(12)14;2*1-2/h6-8,13H,1-5H2,(H,11,14);1-2H3;2H,1H3/t6?,7-,8+;;/m0../s1. The molecule has 2 amide bonds. The molecule has 3 N–H and O–H groups in total. The van der Waals surface area contributed by atoms with Gasteiger partial charge in [0, 0.05) is 26.6 Å². The highest BCUT2D eigenvalue weighted by molar-refractivity contribution is 5.75. The van der Waals surface area contributed by atoms with E-state index >= 15 is 0 Å². The first kappa shape index (κ1) is 18.1. The number of urea groups is 1. The predicted molar refractivity (Wildman–Crippen MR) is 69.5 cm³/mol. The normalized spacial score (nSPS) is 29.7. The lowest BCUT2D eigenvalue weighted by molar-refractivity contribution is -0.0688. The Morgan fingerprint density at radius 1 is 1.47 bits per heavy atom. The third-order valence-electron chi connectivity index (χ3n) is 2.75. The van der Waals surface area contributed by atoms with Crippen molar-refractivity contribution < 1.29 is 24.1 Å². The second-order valence-electron chi connectivity index (χ2n) is 3.86. The summed E-state index contributed by atoms with van der Waals surface area (Å²) >= 11 is 0. The number of aliphatic hydroxyl groups excluding tert-OH is 2. The largest absolute Gasteiger partial charge is 0.400 e. The van der Waals surface area contributed by atoms with Gasteiger partial charge in [0.2, 0.25) is 0 Å². The number of hydrogen-bond acceptors (Lipinski definition) is 4. The van der Waals surface area contributed by atoms with Crippen molar-refractivity contribution in [3.05, 3.63) is 0 Å². The van der Waals surface area contributed by atoms with Crippen LogP contribution in [0.5, 0.6) is 0 Å². The second-order valence-corrected chi connectivity index (χ2v) is 3.86. The van der Waals surface area contributed by atoms with Gasteiger partial charge in [0.25, 0.3) is 0 Å². The highest BCUT2D eigenvalue weighted by Crippen LogP contribution is 2.26. The Hall–Kier alpha value is -0.920. The summed E-state index contributed by atoms with van der Waals surface area (Å²) in [6, 6.07) is -0.285. The fourth-order valence-electron chi connectivity index (χ4n) is 1.98. The summed E-state index contributed by atoms with van der Waals surface area (Å²) < 4.78 is 18.8. The van der Waals surface area contributed by atoms with Crippen molar-refractivity contribution >= 4 is 6.03 Å². The van der Waals surface area contributed by atoms with Crippen LogP contribution in [0.2, 0.25) is 0 Å². The van der Waals surface area contributed by atoms with Crippen LogP contribution in [0.4, 0.5) is 9.18 Å². The molecular weight excluding hydrogens is 255 g/mol. The Morgan fingerprint density at radius 3 is 2.58 bits per heavy atom. The van der Waals surface area contributed by atoms with Gasteiger partial charge < -0.3 is 20.3 Å². The van der Waals surface area contributed by atoms with Gasteiger partial charge in [-0.25, -0.2) is 9.18 Å². The number of ether oxygens (including phenoxy) is 1. The minimum absolute atomic E-state index is 0.158. The Bertz CT molecular complexity index is 256. The van der Waals surface area contributed by atoms with Crippen molar-refractivity contribution in [2.45, 2.75) is 45.2 Å². The minimum Gasteiger partial charge on any atom is -0.400 e. The summed E-state index contributed by atoms with van der Waals surface area (Å²) in [6.45, 7) is 4.93. The summed E-state index contributed by atoms with van der Waals surface area (Å²) in [5, 5.41) is 18.5. The Labute approximate surface area is 113 Å². The van der Waals surface area contributed by atoms with Gasteiger partial charge in [0.1, 0.15) is 6.17 Å². The number of carbonyl (C=O) groups is 1. The Kier molecular flexibility index (Phi) is 9.46. The van der Waals surface area contributed by atoms with Gasteiger partial charge >= 0.3 is 6.03 Å². The number of nitrogens with zero attached hydrogens (tertiary/aromatic N) is 1. The molecule has 2 rings (SSSR count). The first-order valence-electron chi connectivity index (χ1n) is 6.62. The molecule has 0 saturated carbocycles. The molecule has 2 aliphatic rings. The van der Waals surface area contributed by atoms with E-state index in [2.05, 4.69) is 5.32 Å². The number of hydrogen-bond donors (Lipinski definition) is 3. The number of amides is 2. The lowest BCUT2D eigenvalue weighted by atomic mass is 10.2. The molecule has 19 heavy (non-hydrogen) atoms. The zero-order chi connectivity index (χ0) is 14.8. The maximum absolute atomic E-state index is 13.5. The average molecular weight is 280 g/mol. The van der Waals surface area contributed by atoms with Gasteiger partial charge in [-0.3, -0.25) is 4.90 Å². The molecule has 2 heterocycles. The van der Waals surface area contributed by atoms with Crippen LogP contribution < -0.4 is 5.32 Å². The summed E-state index contributed by atoms with van der Waals surface area (Å²) in [5.74, 6) is 0. The maximum Gasteiger partial charge on any atom is 0.319 e. The van der Waals surface area contributed by atoms with Gasteiger partial charge in [-0.2, -0.15) is 0 Å². The summed E-state index contributed by atoms with van der Waals surface area (Å²) in [7, 11) is 1.00. The van der Waals surface area contributed by atoms with Gasteiger partial charge in [-0.05, 0) is 6.42 Å². The highest BCUT2D eigenvalue weighted by atomic mass is 19.1. The first-order chi connectivity index (χ1) is 9.22. The molecule has 2 fully saturated rings. The topological polar surface area (TPSA) is 82.0 Å². The van der Waals surface area contributed by atoms with Gasteiger partial charge in [0.05, 0.1) is 12.7 Å². The summed E-state index contributed by atoms with van der Waals surface area (Å²) in [5.41, 5.74) is 0. The van der Waals surface area contributed by atoms with Crippen LogP contribution in [0.25, 0.3) is 0 Å². The second kappa shape index (κ2) is 9.94. The number of nitrogens with one attached hydrogen (secondary N) is 1. The quantitative estimate of drug-likeness (QED) is 0.687. The van der Waals surface area contributed by atoms with Crippen molar-refractivity contribution in [1.29, 1.82) is 0 Å². The van der Waals surface area contributed by atoms with Crippen molar-refractivity contribution in [3.63, 3.8) is 0 Å². The molecule has 0 spiro atoms. The van der Waals surface area contributed by atoms with Crippen LogP contribution in [-0.2, 0) is 4.74 Å². The van der Waals surface area contributed by atoms with Crippen LogP contribution in [0.1, 0.15) is 26.7 Å². The maximum atomic E-state index is 13.5. The molecule has 3 atom stereocenters. The fraction of sp³-hybridized carbons (Fsp3) is 0.917. The summed E-state index contributed by atoms with van der Waals surface area (Å²) in [6.07, 6.45) is -1.57. The van der Waals surface area contributed by atoms with E-state index in [-0.39, 0.29) is 19.1 Å². The molecule has 0 aromatic carbocycles. The molecular formula is C12H25FN2O4. The molecule has 0 bridgehead atoms. The van der Waals surface area contributed by atoms with E-state index in [9.17, 15) is 9.18 Å². The molecule has 0 aliphatic carbocycles. The zero-order valence-electron chi connectivity index (χ0n) is 11.8. The van der Waals surface area contributed by atoms with E-state index in [1.54, 1.807) is 0 Å². The Balaban J connectivity index is 0.000000741. The van der Waals surface area contributed by atoms with E-state index in [4.69, 9.17) is 14.9 Å². The molecule has 0 aromatic heterocycles. The fourth-order valence-corrected chi connectivity index (χ4v) is 1.98. The SMILES string of the molecule is CC.CO.O=C1NCCCN1[C@@H]1OC(CO)C[C@@H]1F. The van der Waals surface area contributed by atoms with Gasteiger partial charge in [-0.15, -0.1) is 0 Å². The van der Waals surface area contributed by atoms with Crippen molar-refractivity contribution in [1.82, 2.24) is 10.2 Å². The predicted octanol–water partition coefficient (Wildman–Crippen LogP) is 0.482. The average Bonchev–Trinajstić information content (AvgIpc) is 2.85. The number of rotatable bonds is 2.